The lowest BCUT2D eigenvalue weighted by Crippen LogP contribution is -2.37. The Morgan fingerprint density at radius 1 is 1.03 bits per heavy atom. The number of hydrogen-bond donors (Lipinski definition) is 2. The lowest BCUT2D eigenvalue weighted by Gasteiger charge is -2.26. The zero-order chi connectivity index (χ0) is 21.7. The fourth-order valence-corrected chi connectivity index (χ4v) is 4.92. The summed E-state index contributed by atoms with van der Waals surface area (Å²) < 4.78 is 33.1. The van der Waals surface area contributed by atoms with Crippen molar-refractivity contribution in [1.29, 1.82) is 0 Å². The number of ether oxygens (including phenoxy) is 1. The molecule has 0 bridgehead atoms. The average Bonchev–Trinajstić information content (AvgIpc) is 2.78. The van der Waals surface area contributed by atoms with Crippen LogP contribution in [0.5, 0.6) is 0 Å². The van der Waals surface area contributed by atoms with Crippen molar-refractivity contribution in [2.24, 2.45) is 0 Å². The number of sulfonamides is 1. The van der Waals surface area contributed by atoms with Gasteiger partial charge in [-0.05, 0) is 37.6 Å². The van der Waals surface area contributed by atoms with Gasteiger partial charge in [-0.25, -0.2) is 13.5 Å². The van der Waals surface area contributed by atoms with Crippen LogP contribution in [0.4, 0.5) is 5.69 Å². The minimum atomic E-state index is -3.46. The van der Waals surface area contributed by atoms with Gasteiger partial charge in [0.05, 0.1) is 30.0 Å². The summed E-state index contributed by atoms with van der Waals surface area (Å²) in [6.45, 7) is 4.20. The molecule has 0 saturated carbocycles. The van der Waals surface area contributed by atoms with Gasteiger partial charge >= 0.3 is 0 Å². The van der Waals surface area contributed by atoms with Crippen LogP contribution in [0.1, 0.15) is 12.8 Å². The third-order valence-electron chi connectivity index (χ3n) is 5.35. The zero-order valence-electron chi connectivity index (χ0n) is 17.6. The van der Waals surface area contributed by atoms with E-state index in [-0.39, 0.29) is 23.7 Å². The van der Waals surface area contributed by atoms with Crippen molar-refractivity contribution in [3.63, 3.8) is 0 Å². The SMILES string of the molecule is Cl.O=c1[nH]nc(-c2cccc(NS(=O)(=O)CCCCN3CCOCC3)c2)c2ccccc12. The minimum Gasteiger partial charge on any atom is -0.379 e. The molecule has 1 saturated heterocycles. The molecule has 0 aliphatic carbocycles. The molecule has 0 radical (unpaired) electrons. The highest BCUT2D eigenvalue weighted by Gasteiger charge is 2.14. The molecule has 2 N–H and O–H groups in total. The van der Waals surface area contributed by atoms with E-state index >= 15 is 0 Å². The van der Waals surface area contributed by atoms with Gasteiger partial charge in [0, 0.05) is 29.7 Å². The average molecular weight is 479 g/mol. The molecule has 172 valence electrons. The molecule has 10 heteroatoms. The summed E-state index contributed by atoms with van der Waals surface area (Å²) in [7, 11) is -3.46. The molecule has 1 aromatic heterocycles. The Morgan fingerprint density at radius 2 is 1.78 bits per heavy atom. The molecule has 2 heterocycles. The highest BCUT2D eigenvalue weighted by Crippen LogP contribution is 2.26. The van der Waals surface area contributed by atoms with E-state index < -0.39 is 10.0 Å². The smallest absolute Gasteiger partial charge is 0.272 e. The normalized spacial score (nSPS) is 14.8. The first-order valence-electron chi connectivity index (χ1n) is 10.4. The Labute approximate surface area is 193 Å². The maximum absolute atomic E-state index is 12.5. The number of morpholine rings is 1. The van der Waals surface area contributed by atoms with Gasteiger partial charge in [-0.15, -0.1) is 12.4 Å². The first kappa shape index (κ1) is 24.2. The number of nitrogens with zero attached hydrogens (tertiary/aromatic N) is 2. The standard InChI is InChI=1S/C22H26N4O4S.ClH/c27-22-20-9-2-1-8-19(20)21(23-24-22)17-6-5-7-18(16-17)25-31(28,29)15-4-3-10-26-11-13-30-14-12-26;/h1-2,5-9,16,25H,3-4,10-15H2,(H,24,27);1H. The second-order valence-electron chi connectivity index (χ2n) is 7.61. The number of nitrogens with one attached hydrogen (secondary N) is 2. The third-order valence-corrected chi connectivity index (χ3v) is 6.72. The Morgan fingerprint density at radius 3 is 2.56 bits per heavy atom. The number of aromatic nitrogens is 2. The van der Waals surface area contributed by atoms with E-state index in [4.69, 9.17) is 4.74 Å². The summed E-state index contributed by atoms with van der Waals surface area (Å²) in [5, 5.41) is 7.96. The molecule has 3 aromatic rings. The zero-order valence-corrected chi connectivity index (χ0v) is 19.3. The minimum absolute atomic E-state index is 0. The molecule has 32 heavy (non-hydrogen) atoms. The molecule has 8 nitrogen and oxygen atoms in total. The fraction of sp³-hybridized carbons (Fsp3) is 0.364. The van der Waals surface area contributed by atoms with Crippen molar-refractivity contribution in [2.45, 2.75) is 12.8 Å². The molecule has 0 atom stereocenters. The third kappa shape index (κ3) is 6.07. The van der Waals surface area contributed by atoms with Crippen LogP contribution < -0.4 is 10.3 Å². The number of hydrogen-bond acceptors (Lipinski definition) is 6. The van der Waals surface area contributed by atoms with Crippen LogP contribution in [0.3, 0.4) is 0 Å². The number of aromatic amines is 1. The maximum atomic E-state index is 12.5. The summed E-state index contributed by atoms with van der Waals surface area (Å²) in [5.74, 6) is 0.0708. The summed E-state index contributed by atoms with van der Waals surface area (Å²) in [5.41, 5.74) is 1.54. The number of H-pyrrole nitrogens is 1. The van der Waals surface area contributed by atoms with Gasteiger partial charge in [0.1, 0.15) is 0 Å². The highest BCUT2D eigenvalue weighted by atomic mass is 35.5. The lowest BCUT2D eigenvalue weighted by molar-refractivity contribution is 0.0373. The van der Waals surface area contributed by atoms with Gasteiger partial charge in [0.15, 0.2) is 0 Å². The largest absolute Gasteiger partial charge is 0.379 e. The number of fused-ring (bicyclic) bond motifs is 1. The van der Waals surface area contributed by atoms with Gasteiger partial charge in [-0.1, -0.05) is 30.3 Å². The molecular weight excluding hydrogens is 452 g/mol. The van der Waals surface area contributed by atoms with Crippen molar-refractivity contribution in [2.75, 3.05) is 43.3 Å². The quantitative estimate of drug-likeness (QED) is 0.482. The van der Waals surface area contributed by atoms with Crippen LogP contribution in [0.2, 0.25) is 0 Å². The number of rotatable bonds is 8. The number of halogens is 1. The van der Waals surface area contributed by atoms with Gasteiger partial charge < -0.3 is 4.74 Å². The molecular formula is C22H27ClN4O4S. The lowest BCUT2D eigenvalue weighted by atomic mass is 10.0. The fourth-order valence-electron chi connectivity index (χ4n) is 3.75. The van der Waals surface area contributed by atoms with Crippen molar-refractivity contribution < 1.29 is 13.2 Å². The van der Waals surface area contributed by atoms with E-state index in [0.29, 0.717) is 23.2 Å². The molecule has 1 aliphatic rings. The Hall–Kier alpha value is -2.46. The van der Waals surface area contributed by atoms with Crippen LogP contribution in [-0.2, 0) is 14.8 Å². The first-order chi connectivity index (χ1) is 15.0. The predicted octanol–water partition coefficient (Wildman–Crippen LogP) is 2.87. The molecule has 2 aromatic carbocycles. The second kappa shape index (κ2) is 10.9. The first-order valence-corrected chi connectivity index (χ1v) is 12.1. The second-order valence-corrected chi connectivity index (χ2v) is 9.45. The van der Waals surface area contributed by atoms with Crippen LogP contribution >= 0.6 is 12.4 Å². The van der Waals surface area contributed by atoms with E-state index in [2.05, 4.69) is 19.8 Å². The Bertz CT molecular complexity index is 1210. The van der Waals surface area contributed by atoms with Gasteiger partial charge in [0.2, 0.25) is 10.0 Å². The van der Waals surface area contributed by atoms with E-state index in [1.165, 1.54) is 0 Å². The highest BCUT2D eigenvalue weighted by molar-refractivity contribution is 7.92. The maximum Gasteiger partial charge on any atom is 0.272 e. The Kier molecular flexibility index (Phi) is 8.25. The van der Waals surface area contributed by atoms with E-state index in [1.54, 1.807) is 30.3 Å². The topological polar surface area (TPSA) is 104 Å². The molecule has 0 amide bonds. The number of benzene rings is 2. The van der Waals surface area contributed by atoms with Crippen molar-refractivity contribution >= 4 is 38.9 Å². The Balaban J connectivity index is 0.00000289. The van der Waals surface area contributed by atoms with E-state index in [1.807, 2.05) is 18.2 Å². The van der Waals surface area contributed by atoms with Crippen molar-refractivity contribution in [3.05, 3.63) is 58.9 Å². The van der Waals surface area contributed by atoms with Gasteiger partial charge in [-0.3, -0.25) is 14.4 Å². The van der Waals surface area contributed by atoms with E-state index in [9.17, 15) is 13.2 Å². The summed E-state index contributed by atoms with van der Waals surface area (Å²) in [6, 6.07) is 14.3. The predicted molar refractivity (Wildman–Crippen MR) is 129 cm³/mol. The summed E-state index contributed by atoms with van der Waals surface area (Å²) in [6.07, 6.45) is 1.42. The van der Waals surface area contributed by atoms with Crippen LogP contribution in [-0.4, -0.2) is 62.1 Å². The summed E-state index contributed by atoms with van der Waals surface area (Å²) in [4.78, 5) is 14.3. The molecule has 0 spiro atoms. The molecule has 4 rings (SSSR count). The van der Waals surface area contributed by atoms with Gasteiger partial charge in [-0.2, -0.15) is 5.10 Å². The monoisotopic (exact) mass is 478 g/mol. The number of unbranched alkanes of at least 4 members (excludes halogenated alkanes) is 1. The van der Waals surface area contributed by atoms with Gasteiger partial charge in [0.25, 0.3) is 5.56 Å². The van der Waals surface area contributed by atoms with Crippen LogP contribution in [0.25, 0.3) is 22.0 Å². The van der Waals surface area contributed by atoms with Crippen LogP contribution in [0, 0.1) is 0 Å². The molecule has 1 fully saturated rings. The molecule has 1 aliphatic heterocycles. The van der Waals surface area contributed by atoms with Crippen molar-refractivity contribution in [3.8, 4) is 11.3 Å². The van der Waals surface area contributed by atoms with Crippen molar-refractivity contribution in [1.82, 2.24) is 15.1 Å². The summed E-state index contributed by atoms with van der Waals surface area (Å²) >= 11 is 0. The molecule has 0 unspecified atom stereocenters. The van der Waals surface area contributed by atoms with E-state index in [0.717, 1.165) is 50.2 Å². The van der Waals surface area contributed by atoms with Crippen LogP contribution in [0.15, 0.2) is 53.3 Å². The number of anilines is 1.